The van der Waals surface area contributed by atoms with Crippen LogP contribution in [0, 0.1) is 0 Å². The maximum Gasteiger partial charge on any atom is 0.146 e. The van der Waals surface area contributed by atoms with Gasteiger partial charge in [-0.15, -0.1) is 12.4 Å². The molecule has 0 aliphatic carbocycles. The molecule has 6 heteroatoms. The predicted molar refractivity (Wildman–Crippen MR) is 54.3 cm³/mol. The van der Waals surface area contributed by atoms with Gasteiger partial charge in [0.05, 0.1) is 18.4 Å². The third kappa shape index (κ3) is 1.89. The second-order valence-corrected chi connectivity index (χ2v) is 2.50. The van der Waals surface area contributed by atoms with Gasteiger partial charge < -0.3 is 5.73 Å². The van der Waals surface area contributed by atoms with E-state index in [1.807, 2.05) is 12.1 Å². The summed E-state index contributed by atoms with van der Waals surface area (Å²) in [4.78, 5) is 8.00. The number of nitrogens with zero attached hydrogens (tertiary/aromatic N) is 4. The van der Waals surface area contributed by atoms with Crippen molar-refractivity contribution in [3.05, 3.63) is 36.7 Å². The van der Waals surface area contributed by atoms with E-state index in [1.165, 1.54) is 6.33 Å². The van der Waals surface area contributed by atoms with Gasteiger partial charge in [0, 0.05) is 6.20 Å². The summed E-state index contributed by atoms with van der Waals surface area (Å²) in [6, 6.07) is 3.75. The molecule has 0 aliphatic rings. The number of halogens is 1. The molecule has 0 aromatic carbocycles. The van der Waals surface area contributed by atoms with Gasteiger partial charge in [-0.05, 0) is 12.1 Å². The van der Waals surface area contributed by atoms with Gasteiger partial charge in [0.15, 0.2) is 0 Å². The minimum Gasteiger partial charge on any atom is -0.324 e. The summed E-state index contributed by atoms with van der Waals surface area (Å²) in [7, 11) is 0. The third-order valence-corrected chi connectivity index (χ3v) is 1.69. The molecule has 74 valence electrons. The standard InChI is InChI=1S/C8H9N5.ClH/c9-4-8-11-6-12-13(8)7-2-1-3-10-5-7;/h1-3,5-6H,4,9H2;1H. The molecule has 2 heterocycles. The van der Waals surface area contributed by atoms with Crippen LogP contribution >= 0.6 is 12.4 Å². The van der Waals surface area contributed by atoms with E-state index in [0.29, 0.717) is 6.54 Å². The van der Waals surface area contributed by atoms with Crippen LogP contribution in [-0.4, -0.2) is 19.7 Å². The summed E-state index contributed by atoms with van der Waals surface area (Å²) in [5.41, 5.74) is 6.36. The van der Waals surface area contributed by atoms with E-state index in [-0.39, 0.29) is 12.4 Å². The first-order valence-corrected chi connectivity index (χ1v) is 3.91. The molecule has 0 saturated heterocycles. The molecule has 2 N–H and O–H groups in total. The monoisotopic (exact) mass is 211 g/mol. The number of nitrogens with two attached hydrogens (primary N) is 1. The average molecular weight is 212 g/mol. The summed E-state index contributed by atoms with van der Waals surface area (Å²) in [5.74, 6) is 0.730. The van der Waals surface area contributed by atoms with Crippen LogP contribution in [0.5, 0.6) is 0 Å². The molecule has 14 heavy (non-hydrogen) atoms. The van der Waals surface area contributed by atoms with E-state index in [2.05, 4.69) is 15.1 Å². The highest BCUT2D eigenvalue weighted by atomic mass is 35.5. The van der Waals surface area contributed by atoms with Crippen LogP contribution < -0.4 is 5.73 Å². The summed E-state index contributed by atoms with van der Waals surface area (Å²) in [5, 5.41) is 4.04. The molecule has 0 atom stereocenters. The third-order valence-electron chi connectivity index (χ3n) is 1.69. The van der Waals surface area contributed by atoms with E-state index < -0.39 is 0 Å². The van der Waals surface area contributed by atoms with Crippen molar-refractivity contribution in [1.82, 2.24) is 19.7 Å². The molecule has 0 bridgehead atoms. The lowest BCUT2D eigenvalue weighted by Crippen LogP contribution is -2.07. The van der Waals surface area contributed by atoms with Gasteiger partial charge in [0.25, 0.3) is 0 Å². The van der Waals surface area contributed by atoms with Crippen molar-refractivity contribution in [1.29, 1.82) is 0 Å². The SMILES string of the molecule is Cl.NCc1ncnn1-c1cccnc1. The second kappa shape index (κ2) is 4.69. The molecule has 2 rings (SSSR count). The molecule has 0 saturated carbocycles. The lowest BCUT2D eigenvalue weighted by atomic mass is 10.4. The molecule has 0 amide bonds. The van der Waals surface area contributed by atoms with E-state index in [9.17, 15) is 0 Å². The summed E-state index contributed by atoms with van der Waals surface area (Å²) < 4.78 is 1.67. The number of rotatable bonds is 2. The van der Waals surface area contributed by atoms with Crippen molar-refractivity contribution in [3.8, 4) is 5.69 Å². The first-order chi connectivity index (χ1) is 6.42. The number of hydrogen-bond acceptors (Lipinski definition) is 4. The summed E-state index contributed by atoms with van der Waals surface area (Å²) in [6.07, 6.45) is 4.91. The van der Waals surface area contributed by atoms with Gasteiger partial charge in [-0.1, -0.05) is 0 Å². The normalized spacial score (nSPS) is 9.50. The Hall–Kier alpha value is -1.46. The van der Waals surface area contributed by atoms with Crippen LogP contribution in [0.3, 0.4) is 0 Å². The van der Waals surface area contributed by atoms with Gasteiger partial charge in [-0.25, -0.2) is 9.67 Å². The van der Waals surface area contributed by atoms with Gasteiger partial charge in [0.2, 0.25) is 0 Å². The van der Waals surface area contributed by atoms with Gasteiger partial charge in [0.1, 0.15) is 12.2 Å². The molecule has 2 aromatic heterocycles. The molecule has 0 aliphatic heterocycles. The Morgan fingerprint density at radius 1 is 1.43 bits per heavy atom. The fourth-order valence-electron chi connectivity index (χ4n) is 1.10. The summed E-state index contributed by atoms with van der Waals surface area (Å²) >= 11 is 0. The van der Waals surface area contributed by atoms with Crippen LogP contribution in [-0.2, 0) is 6.54 Å². The van der Waals surface area contributed by atoms with Crippen molar-refractivity contribution in [2.75, 3.05) is 0 Å². The highest BCUT2D eigenvalue weighted by molar-refractivity contribution is 5.85. The fraction of sp³-hybridized carbons (Fsp3) is 0.125. The van der Waals surface area contributed by atoms with Crippen molar-refractivity contribution in [3.63, 3.8) is 0 Å². The largest absolute Gasteiger partial charge is 0.324 e. The Bertz CT molecular complexity index is 386. The Morgan fingerprint density at radius 3 is 2.93 bits per heavy atom. The first kappa shape index (κ1) is 10.6. The van der Waals surface area contributed by atoms with Gasteiger partial charge >= 0.3 is 0 Å². The van der Waals surface area contributed by atoms with Gasteiger partial charge in [-0.2, -0.15) is 5.10 Å². The lowest BCUT2D eigenvalue weighted by molar-refractivity contribution is 0.786. The number of aromatic nitrogens is 4. The molecule has 0 spiro atoms. The number of pyridine rings is 1. The Morgan fingerprint density at radius 2 is 2.29 bits per heavy atom. The average Bonchev–Trinajstić information content (AvgIpc) is 2.67. The van der Waals surface area contributed by atoms with Crippen LogP contribution in [0.1, 0.15) is 5.82 Å². The molecular formula is C8H10ClN5. The Labute approximate surface area is 87.4 Å². The Kier molecular flexibility index (Phi) is 3.55. The lowest BCUT2D eigenvalue weighted by Gasteiger charge is -2.01. The van der Waals surface area contributed by atoms with Crippen LogP contribution in [0.25, 0.3) is 5.69 Å². The smallest absolute Gasteiger partial charge is 0.146 e. The zero-order valence-corrected chi connectivity index (χ0v) is 8.18. The number of hydrogen-bond donors (Lipinski definition) is 1. The maximum atomic E-state index is 5.49. The highest BCUT2D eigenvalue weighted by Crippen LogP contribution is 2.04. The van der Waals surface area contributed by atoms with Crippen LogP contribution in [0.4, 0.5) is 0 Å². The summed E-state index contributed by atoms with van der Waals surface area (Å²) in [6.45, 7) is 0.370. The van der Waals surface area contributed by atoms with Crippen molar-refractivity contribution < 1.29 is 0 Å². The maximum absolute atomic E-state index is 5.49. The minimum absolute atomic E-state index is 0. The zero-order valence-electron chi connectivity index (χ0n) is 7.37. The van der Waals surface area contributed by atoms with E-state index in [1.54, 1.807) is 17.1 Å². The Balaban J connectivity index is 0.000000980. The first-order valence-electron chi connectivity index (χ1n) is 3.91. The van der Waals surface area contributed by atoms with E-state index in [0.717, 1.165) is 11.5 Å². The molecule has 0 fully saturated rings. The van der Waals surface area contributed by atoms with Gasteiger partial charge in [-0.3, -0.25) is 4.98 Å². The molecule has 5 nitrogen and oxygen atoms in total. The van der Waals surface area contributed by atoms with Crippen LogP contribution in [0.15, 0.2) is 30.9 Å². The predicted octanol–water partition coefficient (Wildman–Crippen LogP) is 0.543. The van der Waals surface area contributed by atoms with Crippen molar-refractivity contribution >= 4 is 12.4 Å². The van der Waals surface area contributed by atoms with E-state index in [4.69, 9.17) is 5.73 Å². The minimum atomic E-state index is 0. The zero-order chi connectivity index (χ0) is 9.10. The van der Waals surface area contributed by atoms with Crippen molar-refractivity contribution in [2.24, 2.45) is 5.73 Å². The molecular weight excluding hydrogens is 202 g/mol. The molecule has 2 aromatic rings. The molecule has 0 unspecified atom stereocenters. The topological polar surface area (TPSA) is 69.6 Å². The fourth-order valence-corrected chi connectivity index (χ4v) is 1.10. The van der Waals surface area contributed by atoms with E-state index >= 15 is 0 Å². The molecule has 0 radical (unpaired) electrons. The van der Waals surface area contributed by atoms with Crippen molar-refractivity contribution in [2.45, 2.75) is 6.54 Å². The highest BCUT2D eigenvalue weighted by Gasteiger charge is 2.02. The van der Waals surface area contributed by atoms with Crippen LogP contribution in [0.2, 0.25) is 0 Å². The second-order valence-electron chi connectivity index (χ2n) is 2.50. The quantitative estimate of drug-likeness (QED) is 0.788.